The Kier molecular flexibility index (Phi) is 12.7. The lowest BCUT2D eigenvalue weighted by Gasteiger charge is -2.31. The van der Waals surface area contributed by atoms with Gasteiger partial charge in [0.15, 0.2) is 0 Å². The third-order valence-corrected chi connectivity index (χ3v) is 8.58. The molecule has 0 radical (unpaired) electrons. The molecule has 2 fully saturated rings. The zero-order chi connectivity index (χ0) is 39.5. The van der Waals surface area contributed by atoms with E-state index in [2.05, 4.69) is 20.2 Å². The van der Waals surface area contributed by atoms with Crippen molar-refractivity contribution in [3.8, 4) is 0 Å². The van der Waals surface area contributed by atoms with Crippen molar-refractivity contribution < 1.29 is 31.1 Å². The van der Waals surface area contributed by atoms with Crippen LogP contribution in [0.25, 0.3) is 0 Å². The number of nitrogens with one attached hydrogen (secondary N) is 2. The van der Waals surface area contributed by atoms with Crippen LogP contribution in [0.5, 0.6) is 0 Å². The Labute approximate surface area is 307 Å². The first-order chi connectivity index (χ1) is 24.7. The highest BCUT2D eigenvalue weighted by Gasteiger charge is 2.37. The molecule has 0 spiro atoms. The normalized spacial score (nSPS) is 14.6. The largest absolute Gasteiger partial charge is 0.416 e. The number of amides is 1. The van der Waals surface area contributed by atoms with Crippen molar-refractivity contribution >= 4 is 29.2 Å². The van der Waals surface area contributed by atoms with Gasteiger partial charge < -0.3 is 25.4 Å². The lowest BCUT2D eigenvalue weighted by Crippen LogP contribution is -2.34. The topological polar surface area (TPSA) is 101 Å². The number of anilines is 3. The van der Waals surface area contributed by atoms with Gasteiger partial charge in [0.1, 0.15) is 11.6 Å². The highest BCUT2D eigenvalue weighted by Crippen LogP contribution is 2.39. The molecule has 2 N–H and O–H groups in total. The van der Waals surface area contributed by atoms with Crippen LogP contribution in [0.2, 0.25) is 0 Å². The van der Waals surface area contributed by atoms with Crippen molar-refractivity contribution in [2.45, 2.75) is 98.2 Å². The van der Waals surface area contributed by atoms with Gasteiger partial charge in [-0.2, -0.15) is 26.3 Å². The molecule has 1 aromatic carbocycles. The van der Waals surface area contributed by atoms with E-state index in [-0.39, 0.29) is 41.3 Å². The molecule has 5 rings (SSSR count). The molecule has 290 valence electrons. The van der Waals surface area contributed by atoms with Gasteiger partial charge in [0.25, 0.3) is 5.91 Å². The lowest BCUT2D eigenvalue weighted by molar-refractivity contribution is -0.143. The zero-order valence-electron chi connectivity index (χ0n) is 31.6. The molecule has 2 aromatic heterocycles. The SMILES string of the molecule is CC.CC(=N)c1cc(CN(Cc2cc(C(F)(F)F)cc(C(F)(F)F)c2)c2ncc(C(=O)N(C)C)cn2)c(N(CC2CC2)CC2CC2)nc1NC(C)(C)C. The number of alkyl halides is 6. The number of carbonyl (C=O) groups is 1. The van der Waals surface area contributed by atoms with Crippen molar-refractivity contribution in [3.63, 3.8) is 0 Å². The number of nitrogens with zero attached hydrogens (tertiary/aromatic N) is 6. The summed E-state index contributed by atoms with van der Waals surface area (Å²) in [6, 6.07) is 3.31. The monoisotopic (exact) mass is 748 g/mol. The molecular weight excluding hydrogens is 698 g/mol. The van der Waals surface area contributed by atoms with E-state index < -0.39 is 35.6 Å². The van der Waals surface area contributed by atoms with Gasteiger partial charge in [-0.25, -0.2) is 15.0 Å². The van der Waals surface area contributed by atoms with E-state index in [0.717, 1.165) is 38.8 Å². The average molecular weight is 749 g/mol. The standard InChI is InChI=1S/C36H44F6N8O.C2H6/c1-21(43)29-13-25(31(46-30(29)47-34(2,3)4)49(17-22-7-8-22)18-23-9-10-23)20-50(33-44-15-26(16-45-33)32(51)48(5)6)19-24-11-27(35(37,38)39)14-28(12-24)36(40,41)42;1-2/h11-16,22-23,43H,7-10,17-20H2,1-6H3,(H,46,47);1-2H3. The van der Waals surface area contributed by atoms with Crippen LogP contribution in [0, 0.1) is 17.2 Å². The van der Waals surface area contributed by atoms with Crippen LogP contribution in [0.15, 0.2) is 36.7 Å². The van der Waals surface area contributed by atoms with Crippen LogP contribution >= 0.6 is 0 Å². The number of hydrogen-bond acceptors (Lipinski definition) is 8. The molecule has 0 unspecified atom stereocenters. The predicted octanol–water partition coefficient (Wildman–Crippen LogP) is 9.07. The Morgan fingerprint density at radius 3 is 1.75 bits per heavy atom. The summed E-state index contributed by atoms with van der Waals surface area (Å²) in [7, 11) is 3.11. The number of carbonyl (C=O) groups excluding carboxylic acids is 1. The third-order valence-electron chi connectivity index (χ3n) is 8.58. The zero-order valence-corrected chi connectivity index (χ0v) is 31.6. The molecule has 0 aliphatic heterocycles. The molecule has 0 saturated heterocycles. The van der Waals surface area contributed by atoms with Gasteiger partial charge >= 0.3 is 12.4 Å². The molecule has 2 saturated carbocycles. The molecule has 2 aliphatic rings. The quantitative estimate of drug-likeness (QED) is 0.133. The average Bonchev–Trinajstić information content (AvgIpc) is 4.01. The molecule has 0 atom stereocenters. The molecule has 15 heteroatoms. The predicted molar refractivity (Wildman–Crippen MR) is 196 cm³/mol. The van der Waals surface area contributed by atoms with Gasteiger partial charge in [-0.15, -0.1) is 0 Å². The lowest BCUT2D eigenvalue weighted by atomic mass is 10.0. The van der Waals surface area contributed by atoms with Crippen molar-refractivity contribution in [2.75, 3.05) is 42.3 Å². The highest BCUT2D eigenvalue weighted by atomic mass is 19.4. The summed E-state index contributed by atoms with van der Waals surface area (Å²) >= 11 is 0. The summed E-state index contributed by atoms with van der Waals surface area (Å²) in [6.45, 7) is 12.6. The van der Waals surface area contributed by atoms with Crippen LogP contribution in [0.4, 0.5) is 43.9 Å². The Morgan fingerprint density at radius 1 is 0.830 bits per heavy atom. The van der Waals surface area contributed by atoms with Crippen molar-refractivity contribution in [3.05, 3.63) is 70.0 Å². The summed E-state index contributed by atoms with van der Waals surface area (Å²) in [4.78, 5) is 31.5. The Morgan fingerprint density at radius 2 is 1.34 bits per heavy atom. The fourth-order valence-electron chi connectivity index (χ4n) is 5.73. The summed E-state index contributed by atoms with van der Waals surface area (Å²) in [5.74, 6) is 1.70. The summed E-state index contributed by atoms with van der Waals surface area (Å²) in [5, 5.41) is 12.0. The van der Waals surface area contributed by atoms with Gasteiger partial charge in [-0.05, 0) is 95.0 Å². The van der Waals surface area contributed by atoms with Gasteiger partial charge in [-0.1, -0.05) is 13.8 Å². The van der Waals surface area contributed by atoms with Gasteiger partial charge in [0.05, 0.1) is 16.7 Å². The summed E-state index contributed by atoms with van der Waals surface area (Å²) in [5.41, 5.74) is -2.03. The van der Waals surface area contributed by atoms with E-state index in [1.807, 2.05) is 40.7 Å². The first-order valence-electron chi connectivity index (χ1n) is 17.9. The summed E-state index contributed by atoms with van der Waals surface area (Å²) in [6.07, 6.45) is -3.18. The van der Waals surface area contributed by atoms with Crippen LogP contribution < -0.4 is 15.1 Å². The molecule has 2 heterocycles. The fourth-order valence-corrected chi connectivity index (χ4v) is 5.73. The maximum absolute atomic E-state index is 13.9. The minimum atomic E-state index is -5.03. The third kappa shape index (κ3) is 11.5. The first-order valence-corrected chi connectivity index (χ1v) is 17.9. The Bertz CT molecular complexity index is 1700. The van der Waals surface area contributed by atoms with E-state index in [1.165, 1.54) is 22.2 Å². The highest BCUT2D eigenvalue weighted by molar-refractivity contribution is 6.01. The van der Waals surface area contributed by atoms with Crippen LogP contribution in [-0.4, -0.2) is 64.2 Å². The molecule has 3 aromatic rings. The van der Waals surface area contributed by atoms with E-state index in [9.17, 15) is 31.1 Å². The van der Waals surface area contributed by atoms with Crippen LogP contribution in [0.1, 0.15) is 105 Å². The summed E-state index contributed by atoms with van der Waals surface area (Å²) < 4.78 is 83.3. The molecule has 2 aliphatic carbocycles. The van der Waals surface area contributed by atoms with Gasteiger partial charge in [0, 0.05) is 75.0 Å². The second kappa shape index (κ2) is 16.3. The molecule has 9 nitrogen and oxygen atoms in total. The van der Waals surface area contributed by atoms with Crippen molar-refractivity contribution in [1.82, 2.24) is 19.9 Å². The molecule has 53 heavy (non-hydrogen) atoms. The first kappa shape index (κ1) is 41.3. The van der Waals surface area contributed by atoms with Gasteiger partial charge in [-0.3, -0.25) is 4.79 Å². The Balaban J connectivity index is 0.00000308. The number of halogens is 6. The molecular formula is C38H50F6N8O. The molecule has 1 amide bonds. The maximum atomic E-state index is 13.9. The number of rotatable bonds is 13. The number of aromatic nitrogens is 3. The Hall–Kier alpha value is -4.43. The second-order valence-electron chi connectivity index (χ2n) is 14.9. The fraction of sp³-hybridized carbons (Fsp3) is 0.553. The minimum absolute atomic E-state index is 0.0109. The van der Waals surface area contributed by atoms with E-state index >= 15 is 0 Å². The van der Waals surface area contributed by atoms with E-state index in [0.29, 0.717) is 46.7 Å². The number of pyridine rings is 1. The van der Waals surface area contributed by atoms with Crippen LogP contribution in [-0.2, 0) is 25.4 Å². The number of benzene rings is 1. The maximum Gasteiger partial charge on any atom is 0.416 e. The number of hydrogen-bond donors (Lipinski definition) is 2. The van der Waals surface area contributed by atoms with Gasteiger partial charge in [0.2, 0.25) is 5.95 Å². The minimum Gasteiger partial charge on any atom is -0.365 e. The smallest absolute Gasteiger partial charge is 0.365 e. The second-order valence-corrected chi connectivity index (χ2v) is 14.9. The van der Waals surface area contributed by atoms with Crippen molar-refractivity contribution in [2.24, 2.45) is 11.8 Å². The van der Waals surface area contributed by atoms with E-state index in [4.69, 9.17) is 10.4 Å². The molecule has 0 bridgehead atoms. The van der Waals surface area contributed by atoms with E-state index in [1.54, 1.807) is 21.0 Å². The van der Waals surface area contributed by atoms with Crippen LogP contribution in [0.3, 0.4) is 0 Å². The van der Waals surface area contributed by atoms with Crippen molar-refractivity contribution in [1.29, 1.82) is 5.41 Å².